The van der Waals surface area contributed by atoms with E-state index in [4.69, 9.17) is 4.74 Å². The fraction of sp³-hybridized carbons (Fsp3) is 0.370. The van der Waals surface area contributed by atoms with E-state index < -0.39 is 28.4 Å². The molecule has 1 heterocycles. The molecule has 13 nitrogen and oxygen atoms in total. The van der Waals surface area contributed by atoms with Crippen molar-refractivity contribution in [2.75, 3.05) is 18.4 Å². The first-order chi connectivity index (χ1) is 18.9. The summed E-state index contributed by atoms with van der Waals surface area (Å²) in [6.07, 6.45) is -0.373. The SMILES string of the molecule is CC(C)(C)OC(=O)NCCC(=O)Nc1ccccc1CNC(=O)CCCN1C(=O)c2ccc([N+](=O)[O-])cc2C1=O. The number of para-hydroxylation sites is 1. The molecule has 13 heteroatoms. The number of alkyl carbamates (subject to hydrolysis) is 1. The van der Waals surface area contributed by atoms with Gasteiger partial charge in [0.05, 0.1) is 16.1 Å². The first kappa shape index (κ1) is 29.7. The summed E-state index contributed by atoms with van der Waals surface area (Å²) in [5.41, 5.74) is 0.310. The van der Waals surface area contributed by atoms with Gasteiger partial charge in [0, 0.05) is 50.3 Å². The molecule has 0 saturated heterocycles. The van der Waals surface area contributed by atoms with E-state index >= 15 is 0 Å². The number of non-ortho nitro benzene ring substituents is 1. The smallest absolute Gasteiger partial charge is 0.407 e. The number of anilines is 1. The summed E-state index contributed by atoms with van der Waals surface area (Å²) < 4.78 is 5.13. The van der Waals surface area contributed by atoms with E-state index in [-0.39, 0.29) is 67.5 Å². The summed E-state index contributed by atoms with van der Waals surface area (Å²) in [6.45, 7) is 5.41. The van der Waals surface area contributed by atoms with E-state index in [0.717, 1.165) is 11.0 Å². The number of amides is 5. The molecule has 3 N–H and O–H groups in total. The van der Waals surface area contributed by atoms with Gasteiger partial charge in [-0.3, -0.25) is 34.2 Å². The zero-order chi connectivity index (χ0) is 29.4. The Hall–Kier alpha value is -4.81. The van der Waals surface area contributed by atoms with Crippen LogP contribution in [0, 0.1) is 10.1 Å². The molecule has 0 saturated carbocycles. The Morgan fingerprint density at radius 3 is 2.35 bits per heavy atom. The van der Waals surface area contributed by atoms with Gasteiger partial charge in [-0.2, -0.15) is 0 Å². The molecule has 5 amide bonds. The Kier molecular flexibility index (Phi) is 9.54. The number of ether oxygens (including phenoxy) is 1. The van der Waals surface area contributed by atoms with E-state index in [1.807, 2.05) is 0 Å². The average molecular weight is 554 g/mol. The highest BCUT2D eigenvalue weighted by atomic mass is 16.6. The maximum absolute atomic E-state index is 12.6. The van der Waals surface area contributed by atoms with Crippen molar-refractivity contribution in [2.24, 2.45) is 0 Å². The van der Waals surface area contributed by atoms with Gasteiger partial charge in [-0.1, -0.05) is 18.2 Å². The quantitative estimate of drug-likeness (QED) is 0.216. The molecule has 40 heavy (non-hydrogen) atoms. The van der Waals surface area contributed by atoms with Gasteiger partial charge in [0.2, 0.25) is 11.8 Å². The second-order valence-corrected chi connectivity index (χ2v) is 10.0. The molecular formula is C27H31N5O8. The van der Waals surface area contributed by atoms with E-state index in [2.05, 4.69) is 16.0 Å². The van der Waals surface area contributed by atoms with Crippen LogP contribution in [-0.2, 0) is 20.9 Å². The maximum atomic E-state index is 12.6. The molecule has 0 radical (unpaired) electrons. The van der Waals surface area contributed by atoms with E-state index in [0.29, 0.717) is 11.3 Å². The van der Waals surface area contributed by atoms with Crippen molar-refractivity contribution < 1.29 is 33.6 Å². The van der Waals surface area contributed by atoms with Crippen LogP contribution in [0.2, 0.25) is 0 Å². The van der Waals surface area contributed by atoms with Crippen LogP contribution in [0.25, 0.3) is 0 Å². The van der Waals surface area contributed by atoms with Gasteiger partial charge >= 0.3 is 6.09 Å². The van der Waals surface area contributed by atoms with Crippen molar-refractivity contribution in [3.05, 3.63) is 69.3 Å². The molecule has 0 aliphatic carbocycles. The highest BCUT2D eigenvalue weighted by molar-refractivity contribution is 6.21. The van der Waals surface area contributed by atoms with Crippen LogP contribution in [0.3, 0.4) is 0 Å². The number of hydrogen-bond donors (Lipinski definition) is 3. The molecule has 1 aliphatic heterocycles. The molecule has 0 spiro atoms. The molecule has 2 aromatic rings. The Morgan fingerprint density at radius 1 is 0.950 bits per heavy atom. The minimum absolute atomic E-state index is 0.0163. The van der Waals surface area contributed by atoms with Gasteiger partial charge < -0.3 is 20.7 Å². The third kappa shape index (κ3) is 8.09. The summed E-state index contributed by atoms with van der Waals surface area (Å²) >= 11 is 0. The van der Waals surface area contributed by atoms with Crippen LogP contribution in [0.4, 0.5) is 16.2 Å². The van der Waals surface area contributed by atoms with Crippen molar-refractivity contribution >= 4 is 41.1 Å². The van der Waals surface area contributed by atoms with E-state index in [1.54, 1.807) is 45.0 Å². The number of nitro groups is 1. The molecule has 3 rings (SSSR count). The van der Waals surface area contributed by atoms with Gasteiger partial charge in [-0.05, 0) is 44.9 Å². The molecule has 0 aromatic heterocycles. The number of carbonyl (C=O) groups is 5. The minimum Gasteiger partial charge on any atom is -0.444 e. The highest BCUT2D eigenvalue weighted by Gasteiger charge is 2.36. The Morgan fingerprint density at radius 2 is 1.65 bits per heavy atom. The zero-order valence-corrected chi connectivity index (χ0v) is 22.4. The number of benzene rings is 2. The normalized spacial score (nSPS) is 12.5. The largest absolute Gasteiger partial charge is 0.444 e. The lowest BCUT2D eigenvalue weighted by atomic mass is 10.1. The van der Waals surface area contributed by atoms with Crippen molar-refractivity contribution in [3.8, 4) is 0 Å². The number of nitrogens with zero attached hydrogens (tertiary/aromatic N) is 2. The molecule has 2 aromatic carbocycles. The van der Waals surface area contributed by atoms with Gasteiger partial charge in [0.1, 0.15) is 5.60 Å². The first-order valence-corrected chi connectivity index (χ1v) is 12.6. The van der Waals surface area contributed by atoms with Gasteiger partial charge in [-0.15, -0.1) is 0 Å². The molecule has 1 aliphatic rings. The van der Waals surface area contributed by atoms with Crippen LogP contribution in [-0.4, -0.2) is 58.2 Å². The number of nitro benzene ring substituents is 1. The van der Waals surface area contributed by atoms with Crippen molar-refractivity contribution in [1.29, 1.82) is 0 Å². The number of rotatable bonds is 11. The van der Waals surface area contributed by atoms with Crippen molar-refractivity contribution in [1.82, 2.24) is 15.5 Å². The van der Waals surface area contributed by atoms with Crippen molar-refractivity contribution in [2.45, 2.75) is 52.2 Å². The number of hydrogen-bond acceptors (Lipinski definition) is 8. The summed E-state index contributed by atoms with van der Waals surface area (Å²) in [5, 5.41) is 19.0. The predicted molar refractivity (Wildman–Crippen MR) is 143 cm³/mol. The predicted octanol–water partition coefficient (Wildman–Crippen LogP) is 3.14. The zero-order valence-electron chi connectivity index (χ0n) is 22.4. The first-order valence-electron chi connectivity index (χ1n) is 12.6. The van der Waals surface area contributed by atoms with Gasteiger partial charge in [0.15, 0.2) is 0 Å². The van der Waals surface area contributed by atoms with Crippen molar-refractivity contribution in [3.63, 3.8) is 0 Å². The third-order valence-electron chi connectivity index (χ3n) is 5.74. The Labute approximate surface area is 230 Å². The number of fused-ring (bicyclic) bond motifs is 1. The van der Waals surface area contributed by atoms with Crippen LogP contribution < -0.4 is 16.0 Å². The fourth-order valence-electron chi connectivity index (χ4n) is 3.88. The number of imide groups is 1. The summed E-state index contributed by atoms with van der Waals surface area (Å²) in [6, 6.07) is 10.4. The monoisotopic (exact) mass is 553 g/mol. The maximum Gasteiger partial charge on any atom is 0.407 e. The molecule has 0 unspecified atom stereocenters. The summed E-state index contributed by atoms with van der Waals surface area (Å²) in [4.78, 5) is 72.9. The molecule has 0 bridgehead atoms. The molecule has 0 atom stereocenters. The third-order valence-corrected chi connectivity index (χ3v) is 5.74. The Bertz CT molecular complexity index is 1330. The number of carbonyl (C=O) groups excluding carboxylic acids is 5. The lowest BCUT2D eigenvalue weighted by molar-refractivity contribution is -0.384. The molecule has 212 valence electrons. The van der Waals surface area contributed by atoms with Gasteiger partial charge in [-0.25, -0.2) is 4.79 Å². The summed E-state index contributed by atoms with van der Waals surface area (Å²) in [5.74, 6) is -1.84. The highest BCUT2D eigenvalue weighted by Crippen LogP contribution is 2.27. The van der Waals surface area contributed by atoms with Crippen LogP contribution in [0.5, 0.6) is 0 Å². The second kappa shape index (κ2) is 12.8. The lowest BCUT2D eigenvalue weighted by Gasteiger charge is -2.19. The summed E-state index contributed by atoms with van der Waals surface area (Å²) in [7, 11) is 0. The van der Waals surface area contributed by atoms with Crippen LogP contribution in [0.15, 0.2) is 42.5 Å². The molecular weight excluding hydrogens is 522 g/mol. The van der Waals surface area contributed by atoms with Gasteiger partial charge in [0.25, 0.3) is 17.5 Å². The standard InChI is InChI=1S/C27H31N5O8/c1-27(2,3)40-26(37)28-13-12-23(34)30-21-8-5-4-7-17(21)16-29-22(33)9-6-14-31-24(35)19-11-10-18(32(38)39)15-20(19)25(31)36/h4-5,7-8,10-11,15H,6,9,12-14,16H2,1-3H3,(H,28,37)(H,29,33)(H,30,34). The topological polar surface area (TPSA) is 177 Å². The molecule has 0 fully saturated rings. The Balaban J connectivity index is 1.44. The fourth-order valence-corrected chi connectivity index (χ4v) is 3.88. The van der Waals surface area contributed by atoms with E-state index in [9.17, 15) is 34.1 Å². The van der Waals surface area contributed by atoms with E-state index in [1.165, 1.54) is 12.1 Å². The second-order valence-electron chi connectivity index (χ2n) is 10.0. The number of nitrogens with one attached hydrogen (secondary N) is 3. The van der Waals surface area contributed by atoms with Crippen LogP contribution >= 0.6 is 0 Å². The average Bonchev–Trinajstić information content (AvgIpc) is 3.11. The minimum atomic E-state index is -0.643. The lowest BCUT2D eigenvalue weighted by Crippen LogP contribution is -2.34. The van der Waals surface area contributed by atoms with Crippen LogP contribution in [0.1, 0.15) is 66.3 Å².